The molecular formula is C20H25N3O4. The van der Waals surface area contributed by atoms with E-state index in [0.717, 1.165) is 24.5 Å². The van der Waals surface area contributed by atoms with Gasteiger partial charge in [0, 0.05) is 61.8 Å². The van der Waals surface area contributed by atoms with Crippen LogP contribution in [0.5, 0.6) is 17.2 Å². The predicted octanol–water partition coefficient (Wildman–Crippen LogP) is 3.07. The molecule has 1 aliphatic rings. The zero-order valence-electron chi connectivity index (χ0n) is 15.9. The van der Waals surface area contributed by atoms with Gasteiger partial charge in [0.15, 0.2) is 0 Å². The lowest BCUT2D eigenvalue weighted by Crippen LogP contribution is -2.50. The topological polar surface area (TPSA) is 63.3 Å². The van der Waals surface area contributed by atoms with Crippen LogP contribution >= 0.6 is 0 Å². The fourth-order valence-corrected chi connectivity index (χ4v) is 3.06. The first-order valence-electron chi connectivity index (χ1n) is 8.81. The van der Waals surface area contributed by atoms with Crippen LogP contribution in [-0.2, 0) is 0 Å². The maximum absolute atomic E-state index is 12.6. The largest absolute Gasteiger partial charge is 0.497 e. The van der Waals surface area contributed by atoms with Gasteiger partial charge in [-0.15, -0.1) is 0 Å². The highest BCUT2D eigenvalue weighted by Gasteiger charge is 2.22. The minimum atomic E-state index is -0.129. The summed E-state index contributed by atoms with van der Waals surface area (Å²) in [4.78, 5) is 16.7. The number of anilines is 2. The van der Waals surface area contributed by atoms with Crippen molar-refractivity contribution in [3.8, 4) is 17.2 Å². The van der Waals surface area contributed by atoms with E-state index in [0.29, 0.717) is 30.3 Å². The molecule has 0 aromatic heterocycles. The van der Waals surface area contributed by atoms with Crippen LogP contribution < -0.4 is 24.4 Å². The second-order valence-electron chi connectivity index (χ2n) is 6.21. The summed E-state index contributed by atoms with van der Waals surface area (Å²) in [6.07, 6.45) is 0. The number of nitrogens with one attached hydrogen (secondary N) is 1. The van der Waals surface area contributed by atoms with Crippen molar-refractivity contribution in [3.63, 3.8) is 0 Å². The monoisotopic (exact) mass is 371 g/mol. The van der Waals surface area contributed by atoms with Crippen LogP contribution in [0, 0.1) is 0 Å². The molecule has 1 heterocycles. The molecule has 0 atom stereocenters. The van der Waals surface area contributed by atoms with Crippen molar-refractivity contribution >= 4 is 17.4 Å². The van der Waals surface area contributed by atoms with E-state index in [1.54, 1.807) is 39.5 Å². The Balaban J connectivity index is 1.60. The molecule has 2 aromatic rings. The van der Waals surface area contributed by atoms with E-state index in [9.17, 15) is 4.79 Å². The molecule has 7 heteroatoms. The van der Waals surface area contributed by atoms with Gasteiger partial charge >= 0.3 is 6.03 Å². The van der Waals surface area contributed by atoms with Crippen LogP contribution in [-0.4, -0.2) is 58.4 Å². The third kappa shape index (κ3) is 4.55. The van der Waals surface area contributed by atoms with Crippen molar-refractivity contribution < 1.29 is 19.0 Å². The molecule has 2 aromatic carbocycles. The highest BCUT2D eigenvalue weighted by molar-refractivity contribution is 5.90. The zero-order valence-corrected chi connectivity index (χ0v) is 15.9. The fraction of sp³-hybridized carbons (Fsp3) is 0.350. The maximum Gasteiger partial charge on any atom is 0.321 e. The molecule has 7 nitrogen and oxygen atoms in total. The number of hydrogen-bond donors (Lipinski definition) is 1. The predicted molar refractivity (Wildman–Crippen MR) is 105 cm³/mol. The number of methoxy groups -OCH3 is 3. The number of rotatable bonds is 5. The standard InChI is InChI=1S/C20H25N3O4/c1-25-17-6-4-5-16(13-17)22-7-9-23(10-8-22)20(24)21-15-11-18(26-2)14-19(12-15)27-3/h4-6,11-14H,7-10H2,1-3H3,(H,21,24). The molecule has 0 radical (unpaired) electrons. The van der Waals surface area contributed by atoms with E-state index in [1.807, 2.05) is 23.1 Å². The Morgan fingerprint density at radius 1 is 0.852 bits per heavy atom. The quantitative estimate of drug-likeness (QED) is 0.875. The van der Waals surface area contributed by atoms with Crippen molar-refractivity contribution in [2.24, 2.45) is 0 Å². The van der Waals surface area contributed by atoms with Crippen molar-refractivity contribution in [2.75, 3.05) is 57.7 Å². The number of hydrogen-bond acceptors (Lipinski definition) is 5. The fourth-order valence-electron chi connectivity index (χ4n) is 3.06. The van der Waals surface area contributed by atoms with Crippen LogP contribution in [0.25, 0.3) is 0 Å². The van der Waals surface area contributed by atoms with Gasteiger partial charge in [-0.1, -0.05) is 6.07 Å². The van der Waals surface area contributed by atoms with Gasteiger partial charge in [0.2, 0.25) is 0 Å². The molecule has 3 rings (SSSR count). The normalized spacial score (nSPS) is 13.9. The number of carbonyl (C=O) groups excluding carboxylic acids is 1. The van der Waals surface area contributed by atoms with E-state index < -0.39 is 0 Å². The SMILES string of the molecule is COc1cc(NC(=O)N2CCN(c3cccc(OC)c3)CC2)cc(OC)c1. The molecule has 144 valence electrons. The van der Waals surface area contributed by atoms with Crippen molar-refractivity contribution in [2.45, 2.75) is 0 Å². The summed E-state index contributed by atoms with van der Waals surface area (Å²) in [5, 5.41) is 2.92. The van der Waals surface area contributed by atoms with E-state index >= 15 is 0 Å². The van der Waals surface area contributed by atoms with E-state index in [-0.39, 0.29) is 6.03 Å². The average molecular weight is 371 g/mol. The first-order valence-corrected chi connectivity index (χ1v) is 8.81. The number of urea groups is 1. The van der Waals surface area contributed by atoms with Gasteiger partial charge in [-0.2, -0.15) is 0 Å². The van der Waals surface area contributed by atoms with Gasteiger partial charge in [-0.3, -0.25) is 0 Å². The number of piperazine rings is 1. The Bertz CT molecular complexity index is 766. The highest BCUT2D eigenvalue weighted by atomic mass is 16.5. The summed E-state index contributed by atoms with van der Waals surface area (Å²) in [6.45, 7) is 2.82. The van der Waals surface area contributed by atoms with Gasteiger partial charge < -0.3 is 29.3 Å². The van der Waals surface area contributed by atoms with Gasteiger partial charge in [-0.05, 0) is 12.1 Å². The average Bonchev–Trinajstić information content (AvgIpc) is 2.73. The second kappa shape index (κ2) is 8.53. The summed E-state index contributed by atoms with van der Waals surface area (Å²) in [5.74, 6) is 2.10. The summed E-state index contributed by atoms with van der Waals surface area (Å²) in [6, 6.07) is 13.1. The molecular weight excluding hydrogens is 346 g/mol. The molecule has 1 N–H and O–H groups in total. The third-order valence-electron chi connectivity index (χ3n) is 4.59. The summed E-state index contributed by atoms with van der Waals surface area (Å²) < 4.78 is 15.8. The third-order valence-corrected chi connectivity index (χ3v) is 4.59. The highest BCUT2D eigenvalue weighted by Crippen LogP contribution is 2.26. The van der Waals surface area contributed by atoms with E-state index in [4.69, 9.17) is 14.2 Å². The van der Waals surface area contributed by atoms with Crippen LogP contribution in [0.15, 0.2) is 42.5 Å². The lowest BCUT2D eigenvalue weighted by molar-refractivity contribution is 0.208. The molecule has 0 spiro atoms. The maximum atomic E-state index is 12.6. The van der Waals surface area contributed by atoms with Crippen molar-refractivity contribution in [3.05, 3.63) is 42.5 Å². The number of ether oxygens (including phenoxy) is 3. The Labute approximate surface area is 159 Å². The molecule has 2 amide bonds. The summed E-state index contributed by atoms with van der Waals surface area (Å²) >= 11 is 0. The molecule has 1 saturated heterocycles. The van der Waals surface area contributed by atoms with Crippen LogP contribution in [0.4, 0.5) is 16.2 Å². The molecule has 0 saturated carbocycles. The lowest BCUT2D eigenvalue weighted by atomic mass is 10.2. The first-order chi connectivity index (χ1) is 13.1. The molecule has 1 aliphatic heterocycles. The number of carbonyl (C=O) groups is 1. The molecule has 0 aliphatic carbocycles. The van der Waals surface area contributed by atoms with E-state index in [1.165, 1.54) is 0 Å². The Morgan fingerprint density at radius 2 is 1.48 bits per heavy atom. The van der Waals surface area contributed by atoms with Crippen molar-refractivity contribution in [1.82, 2.24) is 4.90 Å². The minimum Gasteiger partial charge on any atom is -0.497 e. The minimum absolute atomic E-state index is 0.129. The second-order valence-corrected chi connectivity index (χ2v) is 6.21. The molecule has 0 unspecified atom stereocenters. The zero-order chi connectivity index (χ0) is 19.2. The summed E-state index contributed by atoms with van der Waals surface area (Å²) in [5.41, 5.74) is 1.75. The van der Waals surface area contributed by atoms with Crippen LogP contribution in [0.3, 0.4) is 0 Å². The van der Waals surface area contributed by atoms with E-state index in [2.05, 4.69) is 16.3 Å². The van der Waals surface area contributed by atoms with Gasteiger partial charge in [0.25, 0.3) is 0 Å². The molecule has 0 bridgehead atoms. The van der Waals surface area contributed by atoms with Gasteiger partial charge in [0.1, 0.15) is 17.2 Å². The van der Waals surface area contributed by atoms with Gasteiger partial charge in [0.05, 0.1) is 21.3 Å². The summed E-state index contributed by atoms with van der Waals surface area (Å²) in [7, 11) is 4.82. The molecule has 27 heavy (non-hydrogen) atoms. The van der Waals surface area contributed by atoms with Crippen LogP contribution in [0.2, 0.25) is 0 Å². The lowest BCUT2D eigenvalue weighted by Gasteiger charge is -2.36. The Kier molecular flexibility index (Phi) is 5.90. The number of amides is 2. The Morgan fingerprint density at radius 3 is 2.07 bits per heavy atom. The first kappa shape index (κ1) is 18.7. The van der Waals surface area contributed by atoms with Crippen molar-refractivity contribution in [1.29, 1.82) is 0 Å². The smallest absolute Gasteiger partial charge is 0.321 e. The Hall–Kier alpha value is -3.09. The number of benzene rings is 2. The van der Waals surface area contributed by atoms with Gasteiger partial charge in [-0.25, -0.2) is 4.79 Å². The number of nitrogens with zero attached hydrogens (tertiary/aromatic N) is 2. The molecule has 1 fully saturated rings. The van der Waals surface area contributed by atoms with Crippen LogP contribution in [0.1, 0.15) is 0 Å².